The van der Waals surface area contributed by atoms with Crippen LogP contribution in [0.15, 0.2) is 21.7 Å². The van der Waals surface area contributed by atoms with E-state index < -0.39 is 17.2 Å². The molecule has 2 N–H and O–H groups in total. The van der Waals surface area contributed by atoms with Crippen LogP contribution < -0.4 is 35.3 Å². The number of anilines is 1. The number of methoxy groups -OCH3 is 3. The number of ether oxygens (including phenoxy) is 4. The number of carbonyl (C=O) groups is 1. The summed E-state index contributed by atoms with van der Waals surface area (Å²) in [4.78, 5) is 47.2. The molecule has 0 spiro atoms. The molecule has 4 rings (SSSR count). The van der Waals surface area contributed by atoms with Gasteiger partial charge in [0.05, 0.1) is 66.3 Å². The molecule has 1 aliphatic heterocycles. The van der Waals surface area contributed by atoms with E-state index in [-0.39, 0.29) is 31.7 Å². The first-order valence-corrected chi connectivity index (χ1v) is 13.1. The minimum absolute atomic E-state index is 0.0137. The van der Waals surface area contributed by atoms with E-state index in [1.807, 2.05) is 0 Å². The van der Waals surface area contributed by atoms with E-state index in [1.54, 1.807) is 18.7 Å². The summed E-state index contributed by atoms with van der Waals surface area (Å²) in [5.74, 6) is 1.02. The summed E-state index contributed by atoms with van der Waals surface area (Å²) in [6.45, 7) is 4.05. The lowest BCUT2D eigenvalue weighted by atomic mass is 10.2. The van der Waals surface area contributed by atoms with Crippen LogP contribution in [0.25, 0.3) is 11.2 Å². The summed E-state index contributed by atoms with van der Waals surface area (Å²) in [7, 11) is 7.73. The summed E-state index contributed by atoms with van der Waals surface area (Å²) in [5.41, 5.74) is -0.0697. The second-order valence-electron chi connectivity index (χ2n) is 9.56. The van der Waals surface area contributed by atoms with Crippen LogP contribution in [-0.4, -0.2) is 97.0 Å². The van der Waals surface area contributed by atoms with Crippen LogP contribution >= 0.6 is 0 Å². The summed E-state index contributed by atoms with van der Waals surface area (Å²) in [5, 5.41) is 9.21. The zero-order chi connectivity index (χ0) is 29.0. The molecule has 0 unspecified atom stereocenters. The van der Waals surface area contributed by atoms with E-state index in [9.17, 15) is 19.5 Å². The maximum Gasteiger partial charge on any atom is 0.338 e. The summed E-state index contributed by atoms with van der Waals surface area (Å²) >= 11 is 0. The van der Waals surface area contributed by atoms with Crippen molar-refractivity contribution in [2.45, 2.75) is 13.0 Å². The highest BCUT2D eigenvalue weighted by Gasteiger charge is 2.26. The van der Waals surface area contributed by atoms with Gasteiger partial charge in [-0.3, -0.25) is 13.9 Å². The number of imidazole rings is 1. The Balaban J connectivity index is 1.48. The van der Waals surface area contributed by atoms with Gasteiger partial charge in [-0.1, -0.05) is 0 Å². The maximum atomic E-state index is 13.4. The molecule has 14 nitrogen and oxygen atoms in total. The number of aliphatic hydroxyl groups is 1. The highest BCUT2D eigenvalue weighted by molar-refractivity contribution is 5.91. The first kappa shape index (κ1) is 29.0. The van der Waals surface area contributed by atoms with Gasteiger partial charge in [0.25, 0.3) is 5.56 Å². The van der Waals surface area contributed by atoms with Crippen molar-refractivity contribution in [1.82, 2.24) is 18.7 Å². The Morgan fingerprint density at radius 3 is 2.25 bits per heavy atom. The van der Waals surface area contributed by atoms with Crippen LogP contribution in [0, 0.1) is 0 Å². The van der Waals surface area contributed by atoms with Gasteiger partial charge in [-0.15, -0.1) is 0 Å². The molecule has 1 aromatic carbocycles. The number of nitrogens with zero attached hydrogens (tertiary/aromatic N) is 5. The number of benzene rings is 1. The van der Waals surface area contributed by atoms with E-state index in [4.69, 9.17) is 18.9 Å². The number of aryl methyl sites for hydroxylation is 2. The summed E-state index contributed by atoms with van der Waals surface area (Å²) in [6.07, 6.45) is 0.247. The quantitative estimate of drug-likeness (QED) is 0.208. The average molecular weight is 562 g/mol. The second-order valence-corrected chi connectivity index (χ2v) is 9.56. The van der Waals surface area contributed by atoms with E-state index in [1.165, 1.54) is 42.9 Å². The first-order chi connectivity index (χ1) is 19.2. The molecule has 0 bridgehead atoms. The van der Waals surface area contributed by atoms with Crippen molar-refractivity contribution in [1.29, 1.82) is 0 Å². The lowest BCUT2D eigenvalue weighted by Gasteiger charge is -2.32. The number of esters is 1. The molecule has 218 valence electrons. The molecule has 3 heterocycles. The monoisotopic (exact) mass is 561 g/mol. The Morgan fingerprint density at radius 1 is 1.02 bits per heavy atom. The normalized spacial score (nSPS) is 14.0. The van der Waals surface area contributed by atoms with Gasteiger partial charge in [0.1, 0.15) is 6.54 Å². The average Bonchev–Trinajstić information content (AvgIpc) is 3.32. The number of nitrogens with one attached hydrogen (secondary N) is 1. The van der Waals surface area contributed by atoms with Crippen LogP contribution in [0.4, 0.5) is 5.95 Å². The predicted molar refractivity (Wildman–Crippen MR) is 146 cm³/mol. The molecule has 1 fully saturated rings. The lowest BCUT2D eigenvalue weighted by molar-refractivity contribution is -0.900. The molecule has 2 aromatic heterocycles. The third-order valence-corrected chi connectivity index (χ3v) is 7.21. The third kappa shape index (κ3) is 5.49. The van der Waals surface area contributed by atoms with Crippen molar-refractivity contribution in [3.8, 4) is 17.2 Å². The minimum atomic E-state index is -0.604. The van der Waals surface area contributed by atoms with Crippen molar-refractivity contribution in [3.05, 3.63) is 38.5 Å². The van der Waals surface area contributed by atoms with Gasteiger partial charge in [0, 0.05) is 20.6 Å². The van der Waals surface area contributed by atoms with Crippen molar-refractivity contribution in [2.75, 3.05) is 72.2 Å². The molecule has 0 radical (unpaired) electrons. The zero-order valence-electron chi connectivity index (χ0n) is 23.6. The highest BCUT2D eigenvalue weighted by atomic mass is 16.5. The summed E-state index contributed by atoms with van der Waals surface area (Å²) in [6, 6.07) is 2.98. The number of fused-ring (bicyclic) bond motifs is 1. The molecule has 3 aromatic rings. The van der Waals surface area contributed by atoms with Crippen LogP contribution in [0.1, 0.15) is 16.8 Å². The molecule has 0 saturated carbocycles. The highest BCUT2D eigenvalue weighted by Crippen LogP contribution is 2.38. The number of piperazine rings is 1. The second kappa shape index (κ2) is 12.4. The molecular formula is C26H37N6O8+. The molecule has 0 atom stereocenters. The molecule has 14 heteroatoms. The van der Waals surface area contributed by atoms with Gasteiger partial charge in [-0.2, -0.15) is 4.98 Å². The fourth-order valence-corrected chi connectivity index (χ4v) is 5.01. The van der Waals surface area contributed by atoms with Crippen LogP contribution in [0.2, 0.25) is 0 Å². The molecule has 1 saturated heterocycles. The molecule has 0 amide bonds. The Kier molecular flexibility index (Phi) is 9.00. The fraction of sp³-hybridized carbons (Fsp3) is 0.538. The number of rotatable bonds is 11. The smallest absolute Gasteiger partial charge is 0.338 e. The Bertz CT molecular complexity index is 1460. The molecule has 1 aliphatic rings. The van der Waals surface area contributed by atoms with E-state index >= 15 is 0 Å². The number of hydrogen-bond donors (Lipinski definition) is 2. The van der Waals surface area contributed by atoms with Crippen molar-refractivity contribution >= 4 is 23.1 Å². The topological polar surface area (TPSA) is 144 Å². The van der Waals surface area contributed by atoms with Gasteiger partial charge < -0.3 is 38.4 Å². The number of quaternary nitrogens is 1. The van der Waals surface area contributed by atoms with Crippen molar-refractivity contribution in [3.63, 3.8) is 0 Å². The van der Waals surface area contributed by atoms with Crippen molar-refractivity contribution < 1.29 is 33.7 Å². The third-order valence-electron chi connectivity index (χ3n) is 7.21. The molecule has 40 heavy (non-hydrogen) atoms. The first-order valence-electron chi connectivity index (χ1n) is 13.1. The van der Waals surface area contributed by atoms with Gasteiger partial charge in [0.2, 0.25) is 11.7 Å². The predicted octanol–water partition coefficient (Wildman–Crippen LogP) is -1.60. The Morgan fingerprint density at radius 2 is 1.68 bits per heavy atom. The number of aliphatic hydroxyl groups excluding tert-OH is 1. The summed E-state index contributed by atoms with van der Waals surface area (Å²) < 4.78 is 25.5. The lowest BCUT2D eigenvalue weighted by Crippen LogP contribution is -3.15. The SMILES string of the molecule is COc1cc(C(=O)OCCCn2c(=O)c3c(nc(N4CC[NH+](CCO)CC4)n3C)n(C)c2=O)cc(OC)c1OC. The number of hydrogen-bond acceptors (Lipinski definition) is 10. The van der Waals surface area contributed by atoms with E-state index in [2.05, 4.69) is 9.88 Å². The van der Waals surface area contributed by atoms with Gasteiger partial charge >= 0.3 is 11.7 Å². The Hall–Kier alpha value is -4.04. The molecule has 0 aliphatic carbocycles. The van der Waals surface area contributed by atoms with Crippen LogP contribution in [-0.2, 0) is 25.4 Å². The van der Waals surface area contributed by atoms with E-state index in [0.29, 0.717) is 40.9 Å². The van der Waals surface area contributed by atoms with E-state index in [0.717, 1.165) is 30.7 Å². The van der Waals surface area contributed by atoms with Gasteiger partial charge in [-0.05, 0) is 18.6 Å². The zero-order valence-corrected chi connectivity index (χ0v) is 23.6. The number of aromatic nitrogens is 4. The molecular weight excluding hydrogens is 524 g/mol. The van der Waals surface area contributed by atoms with Gasteiger partial charge in [-0.25, -0.2) is 9.59 Å². The largest absolute Gasteiger partial charge is 0.493 e. The fourth-order valence-electron chi connectivity index (χ4n) is 5.01. The number of carbonyl (C=O) groups excluding carboxylic acids is 1. The minimum Gasteiger partial charge on any atom is -0.493 e. The maximum absolute atomic E-state index is 13.4. The van der Waals surface area contributed by atoms with Crippen LogP contribution in [0.3, 0.4) is 0 Å². The standard InChI is InChI=1S/C26H36N6O8/c1-28-20-22(27-25(28)31-10-8-30(9-11-31)12-13-33)29(2)26(36)32(23(20)34)7-6-14-40-24(35)17-15-18(37-3)21(39-5)19(16-17)38-4/h15-16,33H,6-14H2,1-5H3/p+1. The van der Waals surface area contributed by atoms with Crippen molar-refractivity contribution in [2.24, 2.45) is 14.1 Å². The van der Waals surface area contributed by atoms with Gasteiger partial charge in [0.15, 0.2) is 22.7 Å². The Labute approximate surface area is 230 Å². The van der Waals surface area contributed by atoms with Crippen LogP contribution in [0.5, 0.6) is 17.2 Å².